The maximum atomic E-state index is 11.6. The van der Waals surface area contributed by atoms with Crippen molar-refractivity contribution in [3.05, 3.63) is 17.8 Å². The fraction of sp³-hybridized carbons (Fsp3) is 0.556. The highest BCUT2D eigenvalue weighted by Gasteiger charge is 2.27. The van der Waals surface area contributed by atoms with Crippen molar-refractivity contribution in [1.29, 1.82) is 0 Å². The van der Waals surface area contributed by atoms with Gasteiger partial charge in [-0.25, -0.2) is 4.98 Å². The van der Waals surface area contributed by atoms with E-state index in [1.54, 1.807) is 6.92 Å². The van der Waals surface area contributed by atoms with Gasteiger partial charge in [0.15, 0.2) is 12.2 Å². The summed E-state index contributed by atoms with van der Waals surface area (Å²) in [6, 6.07) is 0. The predicted octanol–water partition coefficient (Wildman–Crippen LogP) is 2.21. The van der Waals surface area contributed by atoms with E-state index in [9.17, 15) is 4.79 Å². The molecule has 0 unspecified atom stereocenters. The van der Waals surface area contributed by atoms with Gasteiger partial charge in [-0.3, -0.25) is 4.79 Å². The highest BCUT2D eigenvalue weighted by molar-refractivity contribution is 5.98. The summed E-state index contributed by atoms with van der Waals surface area (Å²) >= 11 is 0. The number of hydrogen-bond donors (Lipinski definition) is 0. The van der Waals surface area contributed by atoms with Gasteiger partial charge in [-0.05, 0) is 6.92 Å². The Bertz CT molecular complexity index is 294. The molecule has 0 N–H and O–H groups in total. The first-order valence-corrected chi connectivity index (χ1v) is 3.88. The monoisotopic (exact) mass is 167 g/mol. The molecule has 3 heteroatoms. The zero-order valence-corrected chi connectivity index (χ0v) is 7.84. The molecule has 0 aliphatic rings. The van der Waals surface area contributed by atoms with Crippen molar-refractivity contribution in [1.82, 2.24) is 4.98 Å². The van der Waals surface area contributed by atoms with E-state index in [0.29, 0.717) is 11.5 Å². The molecule has 0 aliphatic carbocycles. The van der Waals surface area contributed by atoms with Gasteiger partial charge in [0.2, 0.25) is 5.78 Å². The third-order valence-electron chi connectivity index (χ3n) is 1.63. The van der Waals surface area contributed by atoms with Crippen LogP contribution in [0.4, 0.5) is 0 Å². The standard InChI is InChI=1S/C9H13NO2/c1-6-7(12-5-10-6)8(11)9(2,3)4/h5H,1-4H3. The lowest BCUT2D eigenvalue weighted by Gasteiger charge is -2.14. The summed E-state index contributed by atoms with van der Waals surface area (Å²) < 4.78 is 4.99. The Morgan fingerprint density at radius 3 is 2.42 bits per heavy atom. The van der Waals surface area contributed by atoms with Gasteiger partial charge < -0.3 is 4.42 Å². The van der Waals surface area contributed by atoms with Crippen LogP contribution in [0.5, 0.6) is 0 Å². The van der Waals surface area contributed by atoms with Gasteiger partial charge in [0, 0.05) is 5.41 Å². The Kier molecular flexibility index (Phi) is 2.04. The van der Waals surface area contributed by atoms with Gasteiger partial charge in [-0.15, -0.1) is 0 Å². The van der Waals surface area contributed by atoms with Crippen molar-refractivity contribution < 1.29 is 9.21 Å². The van der Waals surface area contributed by atoms with Crippen LogP contribution in [0, 0.1) is 12.3 Å². The Hall–Kier alpha value is -1.12. The van der Waals surface area contributed by atoms with Gasteiger partial charge in [0.1, 0.15) is 0 Å². The van der Waals surface area contributed by atoms with E-state index in [1.165, 1.54) is 6.39 Å². The van der Waals surface area contributed by atoms with Crippen molar-refractivity contribution in [2.24, 2.45) is 5.41 Å². The van der Waals surface area contributed by atoms with Crippen LogP contribution in [-0.2, 0) is 0 Å². The molecule has 0 saturated carbocycles. The molecule has 0 spiro atoms. The van der Waals surface area contributed by atoms with Crippen LogP contribution in [0.1, 0.15) is 37.0 Å². The molecule has 1 aromatic rings. The van der Waals surface area contributed by atoms with Crippen molar-refractivity contribution in [2.75, 3.05) is 0 Å². The van der Waals surface area contributed by atoms with E-state index in [4.69, 9.17) is 4.42 Å². The van der Waals surface area contributed by atoms with Gasteiger partial charge >= 0.3 is 0 Å². The van der Waals surface area contributed by atoms with E-state index >= 15 is 0 Å². The van der Waals surface area contributed by atoms with Crippen LogP contribution in [0.15, 0.2) is 10.8 Å². The number of aryl methyl sites for hydroxylation is 1. The Morgan fingerprint density at radius 1 is 1.50 bits per heavy atom. The summed E-state index contributed by atoms with van der Waals surface area (Å²) in [6.45, 7) is 7.34. The van der Waals surface area contributed by atoms with Crippen molar-refractivity contribution in [2.45, 2.75) is 27.7 Å². The van der Waals surface area contributed by atoms with E-state index in [1.807, 2.05) is 20.8 Å². The second-order valence-corrected chi connectivity index (χ2v) is 3.85. The summed E-state index contributed by atoms with van der Waals surface area (Å²) in [5, 5.41) is 0. The number of ketones is 1. The van der Waals surface area contributed by atoms with Crippen LogP contribution in [-0.4, -0.2) is 10.8 Å². The van der Waals surface area contributed by atoms with E-state index in [0.717, 1.165) is 0 Å². The first kappa shape index (κ1) is 8.97. The molecule has 0 saturated heterocycles. The highest BCUT2D eigenvalue weighted by Crippen LogP contribution is 2.21. The molecule has 0 fully saturated rings. The van der Waals surface area contributed by atoms with Crippen molar-refractivity contribution >= 4 is 5.78 Å². The number of aromatic nitrogens is 1. The van der Waals surface area contributed by atoms with Gasteiger partial charge in [-0.2, -0.15) is 0 Å². The first-order chi connectivity index (χ1) is 5.43. The average molecular weight is 167 g/mol. The van der Waals surface area contributed by atoms with Crippen LogP contribution < -0.4 is 0 Å². The summed E-state index contributed by atoms with van der Waals surface area (Å²) in [5.74, 6) is 0.375. The number of nitrogens with zero attached hydrogens (tertiary/aromatic N) is 1. The Morgan fingerprint density at radius 2 is 2.08 bits per heavy atom. The summed E-state index contributed by atoms with van der Waals surface area (Å²) in [4.78, 5) is 15.5. The van der Waals surface area contributed by atoms with E-state index < -0.39 is 5.41 Å². The number of rotatable bonds is 1. The molecule has 0 aliphatic heterocycles. The fourth-order valence-electron chi connectivity index (χ4n) is 0.860. The smallest absolute Gasteiger partial charge is 0.205 e. The molecule has 1 aromatic heterocycles. The van der Waals surface area contributed by atoms with Gasteiger partial charge in [0.05, 0.1) is 5.69 Å². The van der Waals surface area contributed by atoms with Crippen LogP contribution >= 0.6 is 0 Å². The zero-order valence-electron chi connectivity index (χ0n) is 7.84. The summed E-state index contributed by atoms with van der Waals surface area (Å²) in [7, 11) is 0. The number of oxazole rings is 1. The lowest BCUT2D eigenvalue weighted by Crippen LogP contribution is -2.20. The number of carbonyl (C=O) groups excluding carboxylic acids is 1. The molecule has 0 amide bonds. The minimum absolute atomic E-state index is 0.00231. The van der Waals surface area contributed by atoms with Crippen LogP contribution in [0.25, 0.3) is 0 Å². The van der Waals surface area contributed by atoms with Gasteiger partial charge in [-0.1, -0.05) is 20.8 Å². The molecule has 0 atom stereocenters. The topological polar surface area (TPSA) is 43.1 Å². The molecule has 0 aromatic carbocycles. The minimum Gasteiger partial charge on any atom is -0.440 e. The molecule has 1 heterocycles. The third kappa shape index (κ3) is 1.55. The Balaban J connectivity index is 3.01. The highest BCUT2D eigenvalue weighted by atomic mass is 16.3. The lowest BCUT2D eigenvalue weighted by molar-refractivity contribution is 0.0827. The van der Waals surface area contributed by atoms with Crippen LogP contribution in [0.3, 0.4) is 0 Å². The third-order valence-corrected chi connectivity index (χ3v) is 1.63. The molecule has 3 nitrogen and oxygen atoms in total. The second kappa shape index (κ2) is 2.73. The Labute approximate surface area is 71.8 Å². The summed E-state index contributed by atoms with van der Waals surface area (Å²) in [5.41, 5.74) is 0.263. The summed E-state index contributed by atoms with van der Waals surface area (Å²) in [6.07, 6.45) is 1.30. The van der Waals surface area contributed by atoms with Crippen molar-refractivity contribution in [3.8, 4) is 0 Å². The van der Waals surface area contributed by atoms with E-state index in [2.05, 4.69) is 4.98 Å². The quantitative estimate of drug-likeness (QED) is 0.602. The average Bonchev–Trinajstić information content (AvgIpc) is 2.31. The molecule has 0 bridgehead atoms. The van der Waals surface area contributed by atoms with Crippen molar-refractivity contribution in [3.63, 3.8) is 0 Å². The number of Topliss-reactive ketones (excluding diaryl/α,β-unsaturated/α-hetero) is 1. The predicted molar refractivity (Wildman–Crippen MR) is 45.0 cm³/mol. The molecular weight excluding hydrogens is 154 g/mol. The van der Waals surface area contributed by atoms with Crippen LogP contribution in [0.2, 0.25) is 0 Å². The second-order valence-electron chi connectivity index (χ2n) is 3.85. The first-order valence-electron chi connectivity index (χ1n) is 3.88. The molecule has 1 rings (SSSR count). The largest absolute Gasteiger partial charge is 0.440 e. The molecular formula is C9H13NO2. The van der Waals surface area contributed by atoms with Gasteiger partial charge in [0.25, 0.3) is 0 Å². The normalized spacial score (nSPS) is 11.7. The molecule has 12 heavy (non-hydrogen) atoms. The SMILES string of the molecule is Cc1ncoc1C(=O)C(C)(C)C. The maximum absolute atomic E-state index is 11.6. The fourth-order valence-corrected chi connectivity index (χ4v) is 0.860. The number of carbonyl (C=O) groups is 1. The zero-order chi connectivity index (χ0) is 9.35. The molecule has 0 radical (unpaired) electrons. The van der Waals surface area contributed by atoms with E-state index in [-0.39, 0.29) is 5.78 Å². The lowest BCUT2D eigenvalue weighted by atomic mass is 9.89. The molecule has 66 valence electrons. The number of hydrogen-bond acceptors (Lipinski definition) is 3. The maximum Gasteiger partial charge on any atom is 0.205 e. The minimum atomic E-state index is -0.399.